The first kappa shape index (κ1) is 13.8. The van der Waals surface area contributed by atoms with Gasteiger partial charge in [-0.05, 0) is 36.1 Å². The van der Waals surface area contributed by atoms with Gasteiger partial charge in [-0.15, -0.1) is 11.3 Å². The number of anilines is 1. The van der Waals surface area contributed by atoms with E-state index in [0.29, 0.717) is 10.0 Å². The molecule has 0 saturated heterocycles. The van der Waals surface area contributed by atoms with Crippen molar-refractivity contribution in [3.8, 4) is 0 Å². The fraction of sp³-hybridized carbons (Fsp3) is 0.167. The van der Waals surface area contributed by atoms with Crippen molar-refractivity contribution in [2.24, 2.45) is 0 Å². The molecule has 7 heteroatoms. The predicted molar refractivity (Wildman–Crippen MR) is 74.4 cm³/mol. The lowest BCUT2D eigenvalue weighted by atomic mass is 10.1. The molecule has 1 atom stereocenters. The van der Waals surface area contributed by atoms with Gasteiger partial charge in [0.1, 0.15) is 0 Å². The van der Waals surface area contributed by atoms with Crippen LogP contribution >= 0.6 is 22.9 Å². The lowest BCUT2D eigenvalue weighted by molar-refractivity contribution is -0.387. The molecule has 1 heterocycles. The lowest BCUT2D eigenvalue weighted by Gasteiger charge is -2.13. The number of nitro groups is 1. The smallest absolute Gasteiger partial charge is 0.306 e. The number of benzene rings is 1. The lowest BCUT2D eigenvalue weighted by Crippen LogP contribution is -2.06. The summed E-state index contributed by atoms with van der Waals surface area (Å²) in [4.78, 5) is 9.91. The van der Waals surface area contributed by atoms with Crippen LogP contribution in [0.2, 0.25) is 4.34 Å². The summed E-state index contributed by atoms with van der Waals surface area (Å²) in [5, 5.41) is 15.6. The minimum absolute atomic E-state index is 0.0752. The Morgan fingerprint density at radius 2 is 2.21 bits per heavy atom. The summed E-state index contributed by atoms with van der Waals surface area (Å²) >= 11 is 7.26. The summed E-state index contributed by atoms with van der Waals surface area (Å²) < 4.78 is 13.9. The molecule has 2 rings (SSSR count). The maximum absolute atomic E-state index is 13.2. The highest BCUT2D eigenvalue weighted by Crippen LogP contribution is 2.28. The number of thiophene rings is 1. The highest BCUT2D eigenvalue weighted by molar-refractivity contribution is 7.14. The third-order valence-corrected chi connectivity index (χ3v) is 3.72. The number of hydrogen-bond acceptors (Lipinski definition) is 4. The first-order valence-electron chi connectivity index (χ1n) is 5.42. The Kier molecular flexibility index (Phi) is 4.01. The average molecular weight is 301 g/mol. The normalized spacial score (nSPS) is 12.2. The molecule has 1 N–H and O–H groups in total. The molecule has 4 nitrogen and oxygen atoms in total. The zero-order valence-electron chi connectivity index (χ0n) is 9.89. The maximum atomic E-state index is 13.2. The predicted octanol–water partition coefficient (Wildman–Crippen LogP) is 4.62. The monoisotopic (exact) mass is 300 g/mol. The Labute approximate surface area is 118 Å². The van der Waals surface area contributed by atoms with Crippen molar-refractivity contribution < 1.29 is 9.31 Å². The van der Waals surface area contributed by atoms with Gasteiger partial charge in [0, 0.05) is 17.8 Å². The van der Waals surface area contributed by atoms with Crippen LogP contribution in [-0.4, -0.2) is 4.92 Å². The third-order valence-electron chi connectivity index (χ3n) is 2.61. The second-order valence-corrected chi connectivity index (χ2v) is 5.52. The van der Waals surface area contributed by atoms with Crippen LogP contribution in [-0.2, 0) is 0 Å². The van der Waals surface area contributed by atoms with E-state index in [9.17, 15) is 14.5 Å². The van der Waals surface area contributed by atoms with Gasteiger partial charge in [-0.3, -0.25) is 10.1 Å². The number of nitrogens with one attached hydrogen (secondary N) is 1. The number of nitrogens with zero attached hydrogens (tertiary/aromatic N) is 1. The molecule has 2 aromatic rings. The van der Waals surface area contributed by atoms with Crippen LogP contribution in [0.15, 0.2) is 29.6 Å². The molecule has 0 amide bonds. The molecule has 0 fully saturated rings. The van der Waals surface area contributed by atoms with E-state index >= 15 is 0 Å². The molecule has 100 valence electrons. The van der Waals surface area contributed by atoms with Crippen LogP contribution in [0, 0.1) is 15.9 Å². The van der Waals surface area contributed by atoms with Crippen molar-refractivity contribution in [3.05, 3.63) is 55.5 Å². The van der Waals surface area contributed by atoms with Crippen molar-refractivity contribution in [1.82, 2.24) is 0 Å². The Bertz CT molecular complexity index is 618. The molecular weight excluding hydrogens is 291 g/mol. The van der Waals surface area contributed by atoms with Gasteiger partial charge < -0.3 is 5.32 Å². The standard InChI is InChI=1S/C12H10ClFN2O2S/c1-7(8-4-12(13)19-6-8)15-9-2-3-10(14)11(5-9)16(17)18/h2-7,15H,1H3. The summed E-state index contributed by atoms with van der Waals surface area (Å²) in [5.74, 6) is -0.846. The van der Waals surface area contributed by atoms with E-state index < -0.39 is 16.4 Å². The molecule has 0 spiro atoms. The molecule has 0 radical (unpaired) electrons. The fourth-order valence-electron chi connectivity index (χ4n) is 1.63. The zero-order chi connectivity index (χ0) is 14.0. The fourth-order valence-corrected chi connectivity index (χ4v) is 2.61. The van der Waals surface area contributed by atoms with E-state index in [1.807, 2.05) is 18.4 Å². The Morgan fingerprint density at radius 3 is 2.79 bits per heavy atom. The zero-order valence-corrected chi connectivity index (χ0v) is 11.5. The molecule has 1 aromatic heterocycles. The van der Waals surface area contributed by atoms with Crippen molar-refractivity contribution in [2.45, 2.75) is 13.0 Å². The number of nitro benzene ring substituents is 1. The van der Waals surface area contributed by atoms with E-state index in [-0.39, 0.29) is 6.04 Å². The van der Waals surface area contributed by atoms with Gasteiger partial charge in [0.2, 0.25) is 5.82 Å². The minimum Gasteiger partial charge on any atom is -0.378 e. The van der Waals surface area contributed by atoms with Crippen molar-refractivity contribution in [3.63, 3.8) is 0 Å². The number of halogens is 2. The summed E-state index contributed by atoms with van der Waals surface area (Å²) in [6.07, 6.45) is 0. The molecular formula is C12H10ClFN2O2S. The molecule has 1 unspecified atom stereocenters. The van der Waals surface area contributed by atoms with Crippen LogP contribution in [0.3, 0.4) is 0 Å². The summed E-state index contributed by atoms with van der Waals surface area (Å²) in [6, 6.07) is 5.47. The first-order valence-corrected chi connectivity index (χ1v) is 6.67. The molecule has 0 bridgehead atoms. The maximum Gasteiger partial charge on any atom is 0.306 e. The van der Waals surface area contributed by atoms with Crippen LogP contribution < -0.4 is 5.32 Å². The van der Waals surface area contributed by atoms with E-state index in [1.54, 1.807) is 0 Å². The molecule has 0 saturated carbocycles. The van der Waals surface area contributed by atoms with E-state index in [0.717, 1.165) is 11.6 Å². The Balaban J connectivity index is 2.19. The van der Waals surface area contributed by atoms with Crippen molar-refractivity contribution in [1.29, 1.82) is 0 Å². The van der Waals surface area contributed by atoms with Gasteiger partial charge in [-0.2, -0.15) is 4.39 Å². The second kappa shape index (κ2) is 5.54. The van der Waals surface area contributed by atoms with Crippen LogP contribution in [0.25, 0.3) is 0 Å². The molecule has 0 aliphatic heterocycles. The van der Waals surface area contributed by atoms with E-state index in [1.165, 1.54) is 23.5 Å². The second-order valence-electron chi connectivity index (χ2n) is 3.97. The highest BCUT2D eigenvalue weighted by atomic mass is 35.5. The van der Waals surface area contributed by atoms with Crippen LogP contribution in [0.1, 0.15) is 18.5 Å². The molecule has 19 heavy (non-hydrogen) atoms. The largest absolute Gasteiger partial charge is 0.378 e. The van der Waals surface area contributed by atoms with E-state index in [4.69, 9.17) is 11.6 Å². The van der Waals surface area contributed by atoms with Gasteiger partial charge in [0.15, 0.2) is 0 Å². The van der Waals surface area contributed by atoms with Gasteiger partial charge in [0.05, 0.1) is 9.26 Å². The minimum atomic E-state index is -0.846. The SMILES string of the molecule is CC(Nc1ccc(F)c([N+](=O)[O-])c1)c1csc(Cl)c1. The molecule has 0 aliphatic rings. The van der Waals surface area contributed by atoms with Gasteiger partial charge in [0.25, 0.3) is 0 Å². The molecule has 1 aromatic carbocycles. The van der Waals surface area contributed by atoms with Crippen molar-refractivity contribution >= 4 is 34.3 Å². The molecule has 0 aliphatic carbocycles. The summed E-state index contributed by atoms with van der Waals surface area (Å²) in [6.45, 7) is 1.90. The average Bonchev–Trinajstić information content (AvgIpc) is 2.78. The third kappa shape index (κ3) is 3.21. The van der Waals surface area contributed by atoms with Crippen LogP contribution in [0.4, 0.5) is 15.8 Å². The van der Waals surface area contributed by atoms with Gasteiger partial charge in [-0.25, -0.2) is 0 Å². The Hall–Kier alpha value is -1.66. The topological polar surface area (TPSA) is 55.2 Å². The van der Waals surface area contributed by atoms with Gasteiger partial charge >= 0.3 is 5.69 Å². The number of rotatable bonds is 4. The van der Waals surface area contributed by atoms with E-state index in [2.05, 4.69) is 5.32 Å². The quantitative estimate of drug-likeness (QED) is 0.662. The Morgan fingerprint density at radius 1 is 1.47 bits per heavy atom. The van der Waals surface area contributed by atoms with Crippen molar-refractivity contribution in [2.75, 3.05) is 5.32 Å². The van der Waals surface area contributed by atoms with Gasteiger partial charge in [-0.1, -0.05) is 11.6 Å². The summed E-state index contributed by atoms with van der Waals surface area (Å²) in [7, 11) is 0. The first-order chi connectivity index (χ1) is 8.97. The highest BCUT2D eigenvalue weighted by Gasteiger charge is 2.15. The summed E-state index contributed by atoms with van der Waals surface area (Å²) in [5.41, 5.74) is 0.922. The van der Waals surface area contributed by atoms with Crippen LogP contribution in [0.5, 0.6) is 0 Å². The number of hydrogen-bond donors (Lipinski definition) is 1.